The molecule has 0 saturated carbocycles. The number of aromatic nitrogens is 1. The maximum Gasteiger partial charge on any atom is 0.273 e. The van der Waals surface area contributed by atoms with E-state index in [4.69, 9.17) is 0 Å². The van der Waals surface area contributed by atoms with Gasteiger partial charge in [0.2, 0.25) is 0 Å². The van der Waals surface area contributed by atoms with E-state index in [1.807, 2.05) is 12.1 Å². The standard InChI is InChI=1S/C20H21N3O3/c1-14-8-9-17(13-19(14)23(25)26)20(24)21-10-5-11-22-15(2)12-16-6-3-4-7-18(16)22/h3-4,6-9,12-13H,5,10-11H2,1-2H3,(H,21,24). The van der Waals surface area contributed by atoms with Crippen LogP contribution in [0.5, 0.6) is 0 Å². The SMILES string of the molecule is Cc1ccc(C(=O)NCCCn2c(C)cc3ccccc32)cc1[N+](=O)[O-]. The number of benzene rings is 2. The number of nitro groups is 1. The van der Waals surface area contributed by atoms with Gasteiger partial charge in [0.25, 0.3) is 11.6 Å². The number of aryl methyl sites for hydroxylation is 3. The molecule has 0 aliphatic heterocycles. The second kappa shape index (κ2) is 7.39. The average molecular weight is 351 g/mol. The third-order valence-electron chi connectivity index (χ3n) is 4.53. The van der Waals surface area contributed by atoms with Crippen LogP contribution in [-0.4, -0.2) is 21.9 Å². The van der Waals surface area contributed by atoms with E-state index < -0.39 is 4.92 Å². The zero-order valence-electron chi connectivity index (χ0n) is 14.9. The van der Waals surface area contributed by atoms with Crippen LogP contribution >= 0.6 is 0 Å². The predicted molar refractivity (Wildman–Crippen MR) is 101 cm³/mol. The quantitative estimate of drug-likeness (QED) is 0.414. The molecule has 6 heteroatoms. The zero-order valence-corrected chi connectivity index (χ0v) is 14.9. The summed E-state index contributed by atoms with van der Waals surface area (Å²) < 4.78 is 2.23. The summed E-state index contributed by atoms with van der Waals surface area (Å²) in [4.78, 5) is 22.8. The minimum Gasteiger partial charge on any atom is -0.352 e. The lowest BCUT2D eigenvalue weighted by Gasteiger charge is -2.09. The van der Waals surface area contributed by atoms with E-state index >= 15 is 0 Å². The van der Waals surface area contributed by atoms with Crippen LogP contribution in [0.15, 0.2) is 48.5 Å². The molecule has 0 spiro atoms. The van der Waals surface area contributed by atoms with E-state index in [1.54, 1.807) is 19.1 Å². The molecule has 26 heavy (non-hydrogen) atoms. The van der Waals surface area contributed by atoms with Gasteiger partial charge >= 0.3 is 0 Å². The lowest BCUT2D eigenvalue weighted by Crippen LogP contribution is -2.25. The van der Waals surface area contributed by atoms with Crippen LogP contribution in [0.3, 0.4) is 0 Å². The van der Waals surface area contributed by atoms with Gasteiger partial charge in [0.15, 0.2) is 0 Å². The molecular weight excluding hydrogens is 330 g/mol. The first-order valence-corrected chi connectivity index (χ1v) is 8.55. The van der Waals surface area contributed by atoms with Gasteiger partial charge in [0.1, 0.15) is 0 Å². The van der Waals surface area contributed by atoms with E-state index in [-0.39, 0.29) is 11.6 Å². The van der Waals surface area contributed by atoms with Crippen LogP contribution in [0.1, 0.15) is 28.0 Å². The fraction of sp³-hybridized carbons (Fsp3) is 0.250. The summed E-state index contributed by atoms with van der Waals surface area (Å²) in [6, 6.07) is 14.9. The van der Waals surface area contributed by atoms with Crippen molar-refractivity contribution in [3.8, 4) is 0 Å². The third-order valence-corrected chi connectivity index (χ3v) is 4.53. The predicted octanol–water partition coefficient (Wildman–Crippen LogP) is 3.99. The molecule has 0 fully saturated rings. The molecule has 1 heterocycles. The molecule has 0 aliphatic rings. The van der Waals surface area contributed by atoms with Gasteiger partial charge < -0.3 is 9.88 Å². The summed E-state index contributed by atoms with van der Waals surface area (Å²) in [7, 11) is 0. The van der Waals surface area contributed by atoms with Crippen molar-refractivity contribution in [3.05, 3.63) is 75.5 Å². The Kier molecular flexibility index (Phi) is 5.02. The highest BCUT2D eigenvalue weighted by Gasteiger charge is 2.14. The highest BCUT2D eigenvalue weighted by Crippen LogP contribution is 2.20. The van der Waals surface area contributed by atoms with Gasteiger partial charge in [-0.3, -0.25) is 14.9 Å². The Morgan fingerprint density at radius 2 is 1.92 bits per heavy atom. The number of nitro benzene ring substituents is 1. The van der Waals surface area contributed by atoms with E-state index in [0.29, 0.717) is 17.7 Å². The molecule has 134 valence electrons. The molecule has 0 atom stereocenters. The van der Waals surface area contributed by atoms with E-state index in [9.17, 15) is 14.9 Å². The summed E-state index contributed by atoms with van der Waals surface area (Å²) in [6.07, 6.45) is 0.777. The first-order valence-electron chi connectivity index (χ1n) is 8.55. The van der Waals surface area contributed by atoms with Gasteiger partial charge in [0, 0.05) is 41.5 Å². The number of fused-ring (bicyclic) bond motifs is 1. The molecule has 0 bridgehead atoms. The van der Waals surface area contributed by atoms with Crippen LogP contribution < -0.4 is 5.32 Å². The van der Waals surface area contributed by atoms with Crippen LogP contribution in [0, 0.1) is 24.0 Å². The number of nitrogens with one attached hydrogen (secondary N) is 1. The Bertz CT molecular complexity index is 976. The average Bonchev–Trinajstić information content (AvgIpc) is 2.94. The molecule has 1 aromatic heterocycles. The van der Waals surface area contributed by atoms with Crippen LogP contribution in [0.4, 0.5) is 5.69 Å². The highest BCUT2D eigenvalue weighted by atomic mass is 16.6. The summed E-state index contributed by atoms with van der Waals surface area (Å²) in [6.45, 7) is 5.04. The summed E-state index contributed by atoms with van der Waals surface area (Å²) in [5, 5.41) is 15.0. The number of rotatable bonds is 6. The molecule has 3 aromatic rings. The van der Waals surface area contributed by atoms with Gasteiger partial charge in [-0.1, -0.05) is 24.3 Å². The number of carbonyl (C=O) groups is 1. The van der Waals surface area contributed by atoms with E-state index in [1.165, 1.54) is 22.7 Å². The van der Waals surface area contributed by atoms with Crippen molar-refractivity contribution in [1.29, 1.82) is 0 Å². The molecule has 0 saturated heterocycles. The Hall–Kier alpha value is -3.15. The van der Waals surface area contributed by atoms with Crippen LogP contribution in [-0.2, 0) is 6.54 Å². The van der Waals surface area contributed by atoms with Crippen molar-refractivity contribution in [2.75, 3.05) is 6.54 Å². The van der Waals surface area contributed by atoms with Crippen molar-refractivity contribution >= 4 is 22.5 Å². The van der Waals surface area contributed by atoms with Gasteiger partial charge in [0.05, 0.1) is 4.92 Å². The summed E-state index contributed by atoms with van der Waals surface area (Å²) in [5.74, 6) is -0.290. The molecule has 2 aromatic carbocycles. The Labute approximate surface area is 151 Å². The second-order valence-corrected chi connectivity index (χ2v) is 6.36. The minimum absolute atomic E-state index is 0.0351. The molecule has 0 unspecified atom stereocenters. The molecule has 1 amide bonds. The lowest BCUT2D eigenvalue weighted by molar-refractivity contribution is -0.385. The molecule has 0 aliphatic carbocycles. The van der Waals surface area contributed by atoms with Gasteiger partial charge in [-0.15, -0.1) is 0 Å². The fourth-order valence-corrected chi connectivity index (χ4v) is 3.13. The smallest absolute Gasteiger partial charge is 0.273 e. The molecular formula is C20H21N3O3. The van der Waals surface area contributed by atoms with E-state index in [2.05, 4.69) is 35.0 Å². The summed E-state index contributed by atoms with van der Waals surface area (Å²) >= 11 is 0. The number of amides is 1. The van der Waals surface area contributed by atoms with Crippen molar-refractivity contribution in [1.82, 2.24) is 9.88 Å². The first kappa shape index (κ1) is 17.7. The molecule has 3 rings (SSSR count). The van der Waals surface area contributed by atoms with Gasteiger partial charge in [-0.05, 0) is 43.9 Å². The highest BCUT2D eigenvalue weighted by molar-refractivity contribution is 5.95. The van der Waals surface area contributed by atoms with Crippen molar-refractivity contribution < 1.29 is 9.72 Å². The minimum atomic E-state index is -0.466. The van der Waals surface area contributed by atoms with Crippen LogP contribution in [0.2, 0.25) is 0 Å². The monoisotopic (exact) mass is 351 g/mol. The Morgan fingerprint density at radius 1 is 1.15 bits per heavy atom. The third kappa shape index (κ3) is 3.59. The Balaban J connectivity index is 1.60. The van der Waals surface area contributed by atoms with Gasteiger partial charge in [-0.25, -0.2) is 0 Å². The fourth-order valence-electron chi connectivity index (χ4n) is 3.13. The van der Waals surface area contributed by atoms with Gasteiger partial charge in [-0.2, -0.15) is 0 Å². The largest absolute Gasteiger partial charge is 0.352 e. The summed E-state index contributed by atoms with van der Waals surface area (Å²) in [5.41, 5.74) is 3.19. The van der Waals surface area contributed by atoms with E-state index in [0.717, 1.165) is 13.0 Å². The number of hydrogen-bond donors (Lipinski definition) is 1. The lowest BCUT2D eigenvalue weighted by atomic mass is 10.1. The number of nitrogens with zero attached hydrogens (tertiary/aromatic N) is 2. The van der Waals surface area contributed by atoms with Crippen molar-refractivity contribution in [3.63, 3.8) is 0 Å². The maximum absolute atomic E-state index is 12.2. The maximum atomic E-state index is 12.2. The van der Waals surface area contributed by atoms with Crippen LogP contribution in [0.25, 0.3) is 10.9 Å². The Morgan fingerprint density at radius 3 is 2.69 bits per heavy atom. The first-order chi connectivity index (χ1) is 12.5. The normalized spacial score (nSPS) is 10.8. The number of para-hydroxylation sites is 1. The van der Waals surface area contributed by atoms with Crippen molar-refractivity contribution in [2.24, 2.45) is 0 Å². The molecule has 0 radical (unpaired) electrons. The second-order valence-electron chi connectivity index (χ2n) is 6.36. The molecule has 1 N–H and O–H groups in total. The molecule has 6 nitrogen and oxygen atoms in total. The number of carbonyl (C=O) groups excluding carboxylic acids is 1. The zero-order chi connectivity index (χ0) is 18.7. The van der Waals surface area contributed by atoms with Crippen molar-refractivity contribution in [2.45, 2.75) is 26.8 Å². The topological polar surface area (TPSA) is 77.2 Å². The number of hydrogen-bond acceptors (Lipinski definition) is 3.